The molecule has 0 atom stereocenters. The lowest BCUT2D eigenvalue weighted by molar-refractivity contribution is 0.371. The minimum Gasteiger partial charge on any atom is -0.503 e. The van der Waals surface area contributed by atoms with Crippen molar-refractivity contribution in [3.05, 3.63) is 22.2 Å². The summed E-state index contributed by atoms with van der Waals surface area (Å²) < 4.78 is 5.58. The van der Waals surface area contributed by atoms with E-state index in [1.165, 1.54) is 7.11 Å². The van der Waals surface area contributed by atoms with Gasteiger partial charge in [-0.2, -0.15) is 12.6 Å². The van der Waals surface area contributed by atoms with E-state index in [-0.39, 0.29) is 5.75 Å². The topological polar surface area (TPSA) is 29.5 Å². The molecule has 0 spiro atoms. The van der Waals surface area contributed by atoms with Crippen molar-refractivity contribution in [3.8, 4) is 11.5 Å². The summed E-state index contributed by atoms with van der Waals surface area (Å²) in [6.45, 7) is 0. The van der Waals surface area contributed by atoms with Crippen LogP contribution in [-0.2, 0) is 5.75 Å². The van der Waals surface area contributed by atoms with Gasteiger partial charge < -0.3 is 9.84 Å². The number of hydrogen-bond acceptors (Lipinski definition) is 3. The first-order valence-electron chi connectivity index (χ1n) is 3.35. The Balaban J connectivity index is 3.19. The number of halogens is 1. The van der Waals surface area contributed by atoms with Crippen molar-refractivity contribution in [3.63, 3.8) is 0 Å². The van der Waals surface area contributed by atoms with Gasteiger partial charge in [-0.25, -0.2) is 0 Å². The Kier molecular flexibility index (Phi) is 3.29. The van der Waals surface area contributed by atoms with E-state index < -0.39 is 0 Å². The van der Waals surface area contributed by atoms with Crippen LogP contribution in [0.1, 0.15) is 5.56 Å². The molecule has 0 radical (unpaired) electrons. The molecular formula is C8H9BrO2S. The molecule has 0 aliphatic rings. The SMILES string of the molecule is COc1cc(CS)cc(Br)c1O. The summed E-state index contributed by atoms with van der Waals surface area (Å²) in [7, 11) is 1.52. The van der Waals surface area contributed by atoms with Crippen LogP contribution in [0.2, 0.25) is 0 Å². The van der Waals surface area contributed by atoms with E-state index in [0.29, 0.717) is 16.0 Å². The Hall–Kier alpha value is -0.350. The van der Waals surface area contributed by atoms with Gasteiger partial charge in [0.15, 0.2) is 11.5 Å². The minimum atomic E-state index is 0.128. The van der Waals surface area contributed by atoms with E-state index in [9.17, 15) is 5.11 Å². The molecule has 0 bridgehead atoms. The molecule has 0 aromatic heterocycles. The van der Waals surface area contributed by atoms with Crippen LogP contribution in [0.25, 0.3) is 0 Å². The molecule has 1 rings (SSSR count). The van der Waals surface area contributed by atoms with E-state index in [1.54, 1.807) is 6.07 Å². The zero-order chi connectivity index (χ0) is 9.14. The van der Waals surface area contributed by atoms with Crippen LogP contribution < -0.4 is 4.74 Å². The zero-order valence-electron chi connectivity index (χ0n) is 6.54. The molecule has 12 heavy (non-hydrogen) atoms. The first-order valence-corrected chi connectivity index (χ1v) is 4.77. The fourth-order valence-electron chi connectivity index (χ4n) is 0.874. The maximum atomic E-state index is 9.42. The Morgan fingerprint density at radius 2 is 2.25 bits per heavy atom. The second-order valence-electron chi connectivity index (χ2n) is 2.29. The lowest BCUT2D eigenvalue weighted by Crippen LogP contribution is -1.87. The number of phenols is 1. The lowest BCUT2D eigenvalue weighted by atomic mass is 10.2. The van der Waals surface area contributed by atoms with Crippen molar-refractivity contribution in [1.82, 2.24) is 0 Å². The molecule has 2 nitrogen and oxygen atoms in total. The summed E-state index contributed by atoms with van der Waals surface area (Å²) in [4.78, 5) is 0. The Bertz CT molecular complexity index is 289. The Labute approximate surface area is 85.1 Å². The Morgan fingerprint density at radius 1 is 1.58 bits per heavy atom. The van der Waals surface area contributed by atoms with Gasteiger partial charge >= 0.3 is 0 Å². The predicted molar refractivity (Wildman–Crippen MR) is 55.0 cm³/mol. The lowest BCUT2D eigenvalue weighted by Gasteiger charge is -2.06. The van der Waals surface area contributed by atoms with Crippen LogP contribution in [0.5, 0.6) is 11.5 Å². The summed E-state index contributed by atoms with van der Waals surface area (Å²) in [6.07, 6.45) is 0. The molecule has 1 aromatic carbocycles. The number of benzene rings is 1. The number of rotatable bonds is 2. The maximum Gasteiger partial charge on any atom is 0.172 e. The molecule has 1 aromatic rings. The van der Waals surface area contributed by atoms with Crippen LogP contribution in [0.15, 0.2) is 16.6 Å². The molecular weight excluding hydrogens is 240 g/mol. The van der Waals surface area contributed by atoms with Gasteiger partial charge in [-0.1, -0.05) is 0 Å². The highest BCUT2D eigenvalue weighted by Crippen LogP contribution is 2.35. The van der Waals surface area contributed by atoms with Gasteiger partial charge in [0, 0.05) is 5.75 Å². The second kappa shape index (κ2) is 4.05. The highest BCUT2D eigenvalue weighted by molar-refractivity contribution is 9.10. The molecule has 0 unspecified atom stereocenters. The number of ether oxygens (including phenoxy) is 1. The number of aromatic hydroxyl groups is 1. The molecule has 1 N–H and O–H groups in total. The quantitative estimate of drug-likeness (QED) is 0.789. The average molecular weight is 249 g/mol. The van der Waals surface area contributed by atoms with E-state index in [1.807, 2.05) is 6.07 Å². The first-order chi connectivity index (χ1) is 5.69. The van der Waals surface area contributed by atoms with Gasteiger partial charge in [-0.05, 0) is 33.6 Å². The van der Waals surface area contributed by atoms with Crippen molar-refractivity contribution in [2.24, 2.45) is 0 Å². The van der Waals surface area contributed by atoms with Crippen LogP contribution in [-0.4, -0.2) is 12.2 Å². The van der Waals surface area contributed by atoms with Crippen molar-refractivity contribution in [2.75, 3.05) is 7.11 Å². The van der Waals surface area contributed by atoms with Crippen molar-refractivity contribution in [2.45, 2.75) is 5.75 Å². The van der Waals surface area contributed by atoms with Gasteiger partial charge in [-0.3, -0.25) is 0 Å². The molecule has 0 aliphatic carbocycles. The minimum absolute atomic E-state index is 0.128. The monoisotopic (exact) mass is 248 g/mol. The largest absolute Gasteiger partial charge is 0.503 e. The van der Waals surface area contributed by atoms with Gasteiger partial charge in [0.05, 0.1) is 11.6 Å². The fourth-order valence-corrected chi connectivity index (χ4v) is 1.55. The second-order valence-corrected chi connectivity index (χ2v) is 3.46. The molecule has 0 saturated carbocycles. The molecule has 66 valence electrons. The van der Waals surface area contributed by atoms with Gasteiger partial charge in [0.25, 0.3) is 0 Å². The summed E-state index contributed by atoms with van der Waals surface area (Å²) in [6, 6.07) is 3.57. The highest BCUT2D eigenvalue weighted by Gasteiger charge is 2.06. The van der Waals surface area contributed by atoms with Crippen molar-refractivity contribution >= 4 is 28.6 Å². The van der Waals surface area contributed by atoms with Crippen LogP contribution in [0, 0.1) is 0 Å². The molecule has 0 saturated heterocycles. The van der Waals surface area contributed by atoms with Gasteiger partial charge in [0.2, 0.25) is 0 Å². The molecule has 0 fully saturated rings. The van der Waals surface area contributed by atoms with Crippen LogP contribution in [0.3, 0.4) is 0 Å². The summed E-state index contributed by atoms with van der Waals surface area (Å²) in [5.74, 6) is 1.21. The van der Waals surface area contributed by atoms with Crippen LogP contribution in [0.4, 0.5) is 0 Å². The van der Waals surface area contributed by atoms with Gasteiger partial charge in [-0.15, -0.1) is 0 Å². The average Bonchev–Trinajstić information content (AvgIpc) is 2.09. The molecule has 0 amide bonds. The maximum absolute atomic E-state index is 9.42. The van der Waals surface area contributed by atoms with Crippen molar-refractivity contribution in [1.29, 1.82) is 0 Å². The smallest absolute Gasteiger partial charge is 0.172 e. The molecule has 0 aliphatic heterocycles. The number of thiol groups is 1. The predicted octanol–water partition coefficient (Wildman–Crippen LogP) is 2.59. The normalized spacial score (nSPS) is 9.92. The van der Waals surface area contributed by atoms with E-state index in [4.69, 9.17) is 4.74 Å². The highest BCUT2D eigenvalue weighted by atomic mass is 79.9. The van der Waals surface area contributed by atoms with E-state index >= 15 is 0 Å². The summed E-state index contributed by atoms with van der Waals surface area (Å²) >= 11 is 7.33. The fraction of sp³-hybridized carbons (Fsp3) is 0.250. The van der Waals surface area contributed by atoms with Crippen molar-refractivity contribution < 1.29 is 9.84 Å². The van der Waals surface area contributed by atoms with Gasteiger partial charge in [0.1, 0.15) is 0 Å². The van der Waals surface area contributed by atoms with E-state index in [2.05, 4.69) is 28.6 Å². The van der Waals surface area contributed by atoms with Crippen LogP contribution >= 0.6 is 28.6 Å². The third-order valence-electron chi connectivity index (χ3n) is 1.49. The standard InChI is InChI=1S/C8H9BrO2S/c1-11-7-3-5(4-12)2-6(9)8(7)10/h2-3,10,12H,4H2,1H3. The number of methoxy groups -OCH3 is 1. The summed E-state index contributed by atoms with van der Waals surface area (Å²) in [5.41, 5.74) is 1.000. The number of hydrogen-bond donors (Lipinski definition) is 2. The first kappa shape index (κ1) is 9.74. The number of phenolic OH excluding ortho intramolecular Hbond substituents is 1. The third-order valence-corrected chi connectivity index (χ3v) is 2.46. The Morgan fingerprint density at radius 3 is 2.75 bits per heavy atom. The molecule has 0 heterocycles. The zero-order valence-corrected chi connectivity index (χ0v) is 9.02. The molecule has 4 heteroatoms. The summed E-state index contributed by atoms with van der Waals surface area (Å²) in [5, 5.41) is 9.42. The third kappa shape index (κ3) is 1.87. The van der Waals surface area contributed by atoms with E-state index in [0.717, 1.165) is 5.56 Å².